The maximum absolute atomic E-state index is 10.9. The Morgan fingerprint density at radius 1 is 1.53 bits per heavy atom. The van der Waals surface area contributed by atoms with Gasteiger partial charge in [0.15, 0.2) is 0 Å². The van der Waals surface area contributed by atoms with Crippen LogP contribution in [-0.4, -0.2) is 22.0 Å². The van der Waals surface area contributed by atoms with Gasteiger partial charge in [0.1, 0.15) is 6.61 Å². The smallest absolute Gasteiger partial charge is 0.307 e. The van der Waals surface area contributed by atoms with E-state index in [1.165, 1.54) is 0 Å². The third-order valence-electron chi connectivity index (χ3n) is 2.61. The van der Waals surface area contributed by atoms with Crippen LogP contribution < -0.4 is 5.73 Å². The van der Waals surface area contributed by atoms with Gasteiger partial charge in [0.25, 0.3) is 0 Å². The summed E-state index contributed by atoms with van der Waals surface area (Å²) in [6, 6.07) is 0. The minimum absolute atomic E-state index is 0.122. The Bertz CT molecular complexity index is 338. The molecular formula is C10H13NO2S2. The molecule has 0 amide bonds. The normalized spacial score (nSPS) is 25.9. The molecule has 1 aliphatic heterocycles. The molecule has 0 radical (unpaired) electrons. The SMILES string of the molecule is NC1=C(C(=S)SC2COC(=O)C2)CCC1. The molecule has 2 N–H and O–H groups in total. The van der Waals surface area contributed by atoms with E-state index in [1.54, 1.807) is 11.8 Å². The molecule has 1 unspecified atom stereocenters. The van der Waals surface area contributed by atoms with Crippen molar-refractivity contribution in [1.82, 2.24) is 0 Å². The highest BCUT2D eigenvalue weighted by Crippen LogP contribution is 2.32. The number of hydrogen-bond acceptors (Lipinski definition) is 5. The van der Waals surface area contributed by atoms with Crippen LogP contribution in [0.15, 0.2) is 11.3 Å². The van der Waals surface area contributed by atoms with E-state index < -0.39 is 0 Å². The van der Waals surface area contributed by atoms with E-state index in [0.29, 0.717) is 13.0 Å². The minimum Gasteiger partial charge on any atom is -0.464 e. The highest BCUT2D eigenvalue weighted by atomic mass is 32.2. The lowest BCUT2D eigenvalue weighted by Gasteiger charge is -2.08. The number of hydrogen-bond donors (Lipinski definition) is 1. The summed E-state index contributed by atoms with van der Waals surface area (Å²) in [6.07, 6.45) is 3.51. The van der Waals surface area contributed by atoms with Crippen molar-refractivity contribution < 1.29 is 9.53 Å². The summed E-state index contributed by atoms with van der Waals surface area (Å²) in [5.74, 6) is -0.122. The monoisotopic (exact) mass is 243 g/mol. The van der Waals surface area contributed by atoms with Gasteiger partial charge >= 0.3 is 5.97 Å². The van der Waals surface area contributed by atoms with Crippen LogP contribution in [0.4, 0.5) is 0 Å². The van der Waals surface area contributed by atoms with Gasteiger partial charge < -0.3 is 10.5 Å². The lowest BCUT2D eigenvalue weighted by atomic mass is 10.2. The summed E-state index contributed by atoms with van der Waals surface area (Å²) in [5.41, 5.74) is 7.91. The highest BCUT2D eigenvalue weighted by molar-refractivity contribution is 8.24. The van der Waals surface area contributed by atoms with Crippen molar-refractivity contribution in [2.75, 3.05) is 6.61 Å². The Balaban J connectivity index is 1.92. The molecular weight excluding hydrogens is 230 g/mol. The van der Waals surface area contributed by atoms with Gasteiger partial charge in [0.2, 0.25) is 0 Å². The van der Waals surface area contributed by atoms with Crippen LogP contribution in [0.3, 0.4) is 0 Å². The Hall–Kier alpha value is -0.550. The van der Waals surface area contributed by atoms with Gasteiger partial charge in [-0.05, 0) is 24.8 Å². The first-order valence-corrected chi connectivity index (χ1v) is 6.29. The standard InChI is InChI=1S/C10H13NO2S2/c11-8-3-1-2-7(8)10(14)15-6-4-9(12)13-5-6/h6H,1-5,11H2. The average Bonchev–Trinajstić information content (AvgIpc) is 2.75. The van der Waals surface area contributed by atoms with E-state index in [1.807, 2.05) is 0 Å². The molecule has 0 saturated carbocycles. The van der Waals surface area contributed by atoms with Crippen molar-refractivity contribution >= 4 is 34.1 Å². The van der Waals surface area contributed by atoms with Crippen LogP contribution in [-0.2, 0) is 9.53 Å². The number of carbonyl (C=O) groups is 1. The fourth-order valence-electron chi connectivity index (χ4n) is 1.79. The fourth-order valence-corrected chi connectivity index (χ4v) is 3.46. The number of rotatable bonds is 2. The molecule has 2 aliphatic rings. The van der Waals surface area contributed by atoms with Gasteiger partial charge in [0, 0.05) is 5.70 Å². The van der Waals surface area contributed by atoms with E-state index in [4.69, 9.17) is 22.7 Å². The first-order valence-electron chi connectivity index (χ1n) is 5.01. The number of thioether (sulfide) groups is 1. The van der Waals surface area contributed by atoms with E-state index >= 15 is 0 Å². The van der Waals surface area contributed by atoms with Crippen molar-refractivity contribution in [3.8, 4) is 0 Å². The summed E-state index contributed by atoms with van der Waals surface area (Å²) < 4.78 is 5.74. The Morgan fingerprint density at radius 2 is 2.33 bits per heavy atom. The third-order valence-corrected chi connectivity index (χ3v) is 4.24. The quantitative estimate of drug-likeness (QED) is 0.591. The Labute approximate surface area is 98.4 Å². The van der Waals surface area contributed by atoms with Crippen LogP contribution in [0, 0.1) is 0 Å². The van der Waals surface area contributed by atoms with Gasteiger partial charge in [-0.15, -0.1) is 11.8 Å². The zero-order valence-electron chi connectivity index (χ0n) is 8.32. The summed E-state index contributed by atoms with van der Waals surface area (Å²) in [7, 11) is 0. The molecule has 0 bridgehead atoms. The maximum Gasteiger partial charge on any atom is 0.307 e. The molecule has 1 heterocycles. The molecule has 0 aromatic rings. The molecule has 0 aromatic heterocycles. The van der Waals surface area contributed by atoms with Crippen molar-refractivity contribution in [1.29, 1.82) is 0 Å². The number of allylic oxidation sites excluding steroid dienone is 1. The maximum atomic E-state index is 10.9. The lowest BCUT2D eigenvalue weighted by Crippen LogP contribution is -2.08. The number of esters is 1. The summed E-state index contributed by atoms with van der Waals surface area (Å²) in [5, 5.41) is 0.186. The predicted octanol–water partition coefficient (Wildman–Crippen LogP) is 1.76. The van der Waals surface area contributed by atoms with Gasteiger partial charge in [-0.3, -0.25) is 4.79 Å². The first-order chi connectivity index (χ1) is 7.16. The van der Waals surface area contributed by atoms with Crippen LogP contribution in [0.25, 0.3) is 0 Å². The summed E-state index contributed by atoms with van der Waals surface area (Å²) in [4.78, 5) is 10.9. The molecule has 1 saturated heterocycles. The Morgan fingerprint density at radius 3 is 2.87 bits per heavy atom. The zero-order valence-corrected chi connectivity index (χ0v) is 9.96. The number of carbonyl (C=O) groups excluding carboxylic acids is 1. The molecule has 5 heteroatoms. The second kappa shape index (κ2) is 4.53. The van der Waals surface area contributed by atoms with E-state index in [-0.39, 0.29) is 11.2 Å². The predicted molar refractivity (Wildman–Crippen MR) is 64.6 cm³/mol. The second-order valence-electron chi connectivity index (χ2n) is 3.77. The molecule has 0 spiro atoms. The van der Waals surface area contributed by atoms with Gasteiger partial charge in [-0.1, -0.05) is 12.2 Å². The largest absolute Gasteiger partial charge is 0.464 e. The topological polar surface area (TPSA) is 52.3 Å². The van der Waals surface area contributed by atoms with Gasteiger partial charge in [0.05, 0.1) is 15.9 Å². The number of thiocarbonyl (C=S) groups is 1. The van der Waals surface area contributed by atoms with E-state index in [2.05, 4.69) is 0 Å². The van der Waals surface area contributed by atoms with Crippen molar-refractivity contribution in [3.63, 3.8) is 0 Å². The average molecular weight is 243 g/mol. The second-order valence-corrected chi connectivity index (χ2v) is 5.75. The minimum atomic E-state index is -0.122. The van der Waals surface area contributed by atoms with Crippen molar-refractivity contribution in [2.24, 2.45) is 5.73 Å². The van der Waals surface area contributed by atoms with Crippen LogP contribution in [0.5, 0.6) is 0 Å². The van der Waals surface area contributed by atoms with Crippen LogP contribution >= 0.6 is 24.0 Å². The van der Waals surface area contributed by atoms with Crippen LogP contribution in [0.2, 0.25) is 0 Å². The summed E-state index contributed by atoms with van der Waals surface area (Å²) >= 11 is 6.88. The molecule has 1 aliphatic carbocycles. The summed E-state index contributed by atoms with van der Waals surface area (Å²) in [6.45, 7) is 0.483. The molecule has 82 valence electrons. The molecule has 1 fully saturated rings. The van der Waals surface area contributed by atoms with Gasteiger partial charge in [-0.2, -0.15) is 0 Å². The molecule has 1 atom stereocenters. The fraction of sp³-hybridized carbons (Fsp3) is 0.600. The van der Waals surface area contributed by atoms with Gasteiger partial charge in [-0.25, -0.2) is 0 Å². The van der Waals surface area contributed by atoms with Crippen molar-refractivity contribution in [3.05, 3.63) is 11.3 Å². The third kappa shape index (κ3) is 2.52. The molecule has 15 heavy (non-hydrogen) atoms. The number of ether oxygens (including phenoxy) is 1. The zero-order chi connectivity index (χ0) is 10.8. The molecule has 2 rings (SSSR count). The van der Waals surface area contributed by atoms with Crippen molar-refractivity contribution in [2.45, 2.75) is 30.9 Å². The first kappa shape index (κ1) is 11.0. The lowest BCUT2D eigenvalue weighted by molar-refractivity contribution is -0.137. The number of nitrogens with two attached hydrogens (primary N) is 1. The molecule has 3 nitrogen and oxygen atoms in total. The van der Waals surface area contributed by atoms with Crippen LogP contribution in [0.1, 0.15) is 25.7 Å². The number of cyclic esters (lactones) is 1. The van der Waals surface area contributed by atoms with E-state index in [9.17, 15) is 4.79 Å². The Kier molecular flexibility index (Phi) is 3.31. The molecule has 0 aromatic carbocycles. The highest BCUT2D eigenvalue weighted by Gasteiger charge is 2.27. The van der Waals surface area contributed by atoms with E-state index in [0.717, 1.165) is 34.7 Å².